The first kappa shape index (κ1) is 14.5. The maximum absolute atomic E-state index is 4.92. The molecule has 0 saturated carbocycles. The van der Waals surface area contributed by atoms with Crippen LogP contribution in [-0.2, 0) is 7.05 Å². The largest absolute Gasteiger partial charge is 0.326 e. The summed E-state index contributed by atoms with van der Waals surface area (Å²) in [5.74, 6) is 1.26. The highest BCUT2D eigenvalue weighted by atomic mass is 15.1. The van der Waals surface area contributed by atoms with E-state index in [1.54, 1.807) is 0 Å². The van der Waals surface area contributed by atoms with Gasteiger partial charge in [0.1, 0.15) is 5.69 Å². The Kier molecular flexibility index (Phi) is 4.33. The van der Waals surface area contributed by atoms with Crippen LogP contribution in [0.3, 0.4) is 0 Å². The Bertz CT molecular complexity index is 721. The Morgan fingerprint density at radius 2 is 2.23 bits per heavy atom. The summed E-state index contributed by atoms with van der Waals surface area (Å²) in [5.41, 5.74) is 3.22. The third-order valence-corrected chi connectivity index (χ3v) is 3.91. The van der Waals surface area contributed by atoms with E-state index in [2.05, 4.69) is 60.0 Å². The third-order valence-electron chi connectivity index (χ3n) is 3.91. The van der Waals surface area contributed by atoms with Crippen LogP contribution in [-0.4, -0.2) is 14.5 Å². The highest BCUT2D eigenvalue weighted by Gasteiger charge is 2.20. The molecule has 2 heterocycles. The van der Waals surface area contributed by atoms with Crippen LogP contribution in [0.2, 0.25) is 0 Å². The van der Waals surface area contributed by atoms with Gasteiger partial charge in [0.2, 0.25) is 0 Å². The lowest BCUT2D eigenvalue weighted by atomic mass is 9.96. The van der Waals surface area contributed by atoms with Crippen molar-refractivity contribution >= 4 is 6.08 Å². The Labute approximate surface area is 131 Å². The monoisotopic (exact) mass is 291 g/mol. The molecule has 0 radical (unpaired) electrons. The molecule has 22 heavy (non-hydrogen) atoms. The second kappa shape index (κ2) is 6.56. The van der Waals surface area contributed by atoms with Gasteiger partial charge in [-0.05, 0) is 31.1 Å². The van der Waals surface area contributed by atoms with Crippen molar-refractivity contribution in [3.8, 4) is 11.5 Å². The molecule has 0 N–H and O–H groups in total. The van der Waals surface area contributed by atoms with Crippen LogP contribution in [0.5, 0.6) is 0 Å². The fourth-order valence-electron chi connectivity index (χ4n) is 2.74. The van der Waals surface area contributed by atoms with Crippen molar-refractivity contribution < 1.29 is 0 Å². The molecule has 0 saturated heterocycles. The molecule has 3 nitrogen and oxygen atoms in total. The van der Waals surface area contributed by atoms with Gasteiger partial charge in [0.05, 0.1) is 11.4 Å². The van der Waals surface area contributed by atoms with E-state index in [1.807, 2.05) is 24.4 Å². The van der Waals surface area contributed by atoms with Crippen molar-refractivity contribution in [1.82, 2.24) is 14.5 Å². The van der Waals surface area contributed by atoms with Gasteiger partial charge in [-0.1, -0.05) is 43.4 Å². The van der Waals surface area contributed by atoms with Gasteiger partial charge in [0.15, 0.2) is 5.82 Å². The predicted molar refractivity (Wildman–Crippen MR) is 91.4 cm³/mol. The van der Waals surface area contributed by atoms with Crippen molar-refractivity contribution in [2.24, 2.45) is 7.05 Å². The average molecular weight is 291 g/mol. The minimum absolute atomic E-state index is 0.338. The summed E-state index contributed by atoms with van der Waals surface area (Å²) in [4.78, 5) is 9.37. The van der Waals surface area contributed by atoms with Gasteiger partial charge >= 0.3 is 0 Å². The van der Waals surface area contributed by atoms with Gasteiger partial charge in [0, 0.05) is 19.2 Å². The Morgan fingerprint density at radius 3 is 2.91 bits per heavy atom. The first-order valence-corrected chi connectivity index (χ1v) is 7.79. The molecule has 0 aliphatic heterocycles. The molecule has 1 aliphatic carbocycles. The Morgan fingerprint density at radius 1 is 1.32 bits per heavy atom. The molecule has 0 spiro atoms. The zero-order valence-electron chi connectivity index (χ0n) is 13.1. The molecule has 2 aromatic heterocycles. The summed E-state index contributed by atoms with van der Waals surface area (Å²) in [7, 11) is 2.07. The van der Waals surface area contributed by atoms with E-state index in [9.17, 15) is 0 Å². The zero-order chi connectivity index (χ0) is 15.4. The van der Waals surface area contributed by atoms with E-state index in [-0.39, 0.29) is 0 Å². The zero-order valence-corrected chi connectivity index (χ0v) is 13.1. The van der Waals surface area contributed by atoms with E-state index in [0.29, 0.717) is 5.92 Å². The van der Waals surface area contributed by atoms with Gasteiger partial charge in [-0.3, -0.25) is 4.98 Å². The fraction of sp³-hybridized carbons (Fsp3) is 0.263. The topological polar surface area (TPSA) is 30.7 Å². The lowest BCUT2D eigenvalue weighted by Gasteiger charge is -2.11. The van der Waals surface area contributed by atoms with Gasteiger partial charge in [-0.2, -0.15) is 0 Å². The van der Waals surface area contributed by atoms with Crippen LogP contribution in [0.15, 0.2) is 54.8 Å². The van der Waals surface area contributed by atoms with E-state index >= 15 is 0 Å². The smallest absolute Gasteiger partial charge is 0.159 e. The number of pyridine rings is 1. The number of imidazole rings is 1. The van der Waals surface area contributed by atoms with E-state index in [1.165, 1.54) is 5.69 Å². The van der Waals surface area contributed by atoms with Crippen molar-refractivity contribution in [3.63, 3.8) is 0 Å². The molecule has 0 amide bonds. The second-order valence-corrected chi connectivity index (χ2v) is 5.45. The molecule has 3 rings (SSSR count). The molecule has 0 bridgehead atoms. The van der Waals surface area contributed by atoms with Crippen molar-refractivity contribution in [3.05, 3.63) is 66.2 Å². The Hall–Kier alpha value is -2.42. The van der Waals surface area contributed by atoms with Crippen LogP contribution in [0, 0.1) is 0 Å². The minimum Gasteiger partial charge on any atom is -0.326 e. The number of hydrogen-bond donors (Lipinski definition) is 0. The molecule has 1 atom stereocenters. The lowest BCUT2D eigenvalue weighted by Crippen LogP contribution is -2.00. The maximum atomic E-state index is 4.92. The third kappa shape index (κ3) is 2.80. The minimum atomic E-state index is 0.338. The number of hydrogen-bond acceptors (Lipinski definition) is 2. The molecule has 112 valence electrons. The fourth-order valence-corrected chi connectivity index (χ4v) is 2.74. The molecule has 3 heteroatoms. The molecule has 1 aliphatic rings. The van der Waals surface area contributed by atoms with Crippen molar-refractivity contribution in [2.45, 2.75) is 25.7 Å². The van der Waals surface area contributed by atoms with Gasteiger partial charge in [-0.15, -0.1) is 0 Å². The highest BCUT2D eigenvalue weighted by molar-refractivity contribution is 5.59. The summed E-state index contributed by atoms with van der Waals surface area (Å²) in [6.45, 7) is 2.15. The first-order chi connectivity index (χ1) is 10.8. The van der Waals surface area contributed by atoms with Crippen LogP contribution in [0.1, 0.15) is 37.1 Å². The molecular formula is C19H21N3. The normalized spacial score (nSPS) is 17.5. The summed E-state index contributed by atoms with van der Waals surface area (Å²) >= 11 is 0. The molecule has 0 aromatic carbocycles. The molecule has 1 unspecified atom stereocenters. The summed E-state index contributed by atoms with van der Waals surface area (Å²) in [5, 5.41) is 0. The number of nitrogens with zero attached hydrogens (tertiary/aromatic N) is 3. The van der Waals surface area contributed by atoms with Crippen LogP contribution in [0.25, 0.3) is 17.6 Å². The summed E-state index contributed by atoms with van der Waals surface area (Å²) in [6, 6.07) is 5.94. The van der Waals surface area contributed by atoms with Gasteiger partial charge in [0.25, 0.3) is 0 Å². The summed E-state index contributed by atoms with van der Waals surface area (Å²) < 4.78 is 2.15. The van der Waals surface area contributed by atoms with E-state index in [0.717, 1.165) is 30.1 Å². The van der Waals surface area contributed by atoms with E-state index in [4.69, 9.17) is 4.98 Å². The number of allylic oxidation sites excluding steroid dienone is 5. The molecule has 2 aromatic rings. The molecule has 0 fully saturated rings. The average Bonchev–Trinajstić information content (AvgIpc) is 2.91. The second-order valence-electron chi connectivity index (χ2n) is 5.45. The van der Waals surface area contributed by atoms with Crippen molar-refractivity contribution in [1.29, 1.82) is 0 Å². The molecular weight excluding hydrogens is 270 g/mol. The van der Waals surface area contributed by atoms with Crippen LogP contribution >= 0.6 is 0 Å². The Balaban J connectivity index is 2.10. The van der Waals surface area contributed by atoms with Gasteiger partial charge in [-0.25, -0.2) is 4.98 Å². The van der Waals surface area contributed by atoms with E-state index < -0.39 is 0 Å². The van der Waals surface area contributed by atoms with Crippen LogP contribution in [0.4, 0.5) is 0 Å². The first-order valence-electron chi connectivity index (χ1n) is 7.79. The SMILES string of the molecule is CC/C=C\c1c(C2C=CC=CC2)nc(-c2ccccn2)n1C. The highest BCUT2D eigenvalue weighted by Crippen LogP contribution is 2.30. The maximum Gasteiger partial charge on any atom is 0.159 e. The quantitative estimate of drug-likeness (QED) is 0.830. The lowest BCUT2D eigenvalue weighted by molar-refractivity contribution is 0.816. The van der Waals surface area contributed by atoms with Gasteiger partial charge < -0.3 is 4.57 Å². The standard InChI is InChI=1S/C19H21N3/c1-3-4-13-17-18(15-10-6-5-7-11-15)21-19(22(17)2)16-12-8-9-14-20-16/h4-10,12-15H,3,11H2,1-2H3/b13-4-. The number of rotatable bonds is 4. The van der Waals surface area contributed by atoms with Crippen LogP contribution < -0.4 is 0 Å². The predicted octanol–water partition coefficient (Wildman–Crippen LogP) is 4.51. The number of aromatic nitrogens is 3. The summed E-state index contributed by atoms with van der Waals surface area (Å²) in [6.07, 6.45) is 16.8. The van der Waals surface area contributed by atoms with Crippen molar-refractivity contribution in [2.75, 3.05) is 0 Å².